The van der Waals surface area contributed by atoms with Gasteiger partial charge in [0.2, 0.25) is 0 Å². The zero-order valence-electron chi connectivity index (χ0n) is 8.84. The van der Waals surface area contributed by atoms with Gasteiger partial charge in [-0.05, 0) is 12.5 Å². The van der Waals surface area contributed by atoms with Crippen LogP contribution in [0.1, 0.15) is 11.1 Å². The molecule has 1 aliphatic heterocycles. The van der Waals surface area contributed by atoms with E-state index in [2.05, 4.69) is 5.32 Å². The van der Waals surface area contributed by atoms with Crippen molar-refractivity contribution in [2.24, 2.45) is 0 Å². The average Bonchev–Trinajstić information content (AvgIpc) is 2.29. The molecule has 1 amide bonds. The highest BCUT2D eigenvalue weighted by molar-refractivity contribution is 5.83. The Morgan fingerprint density at radius 1 is 1.38 bits per heavy atom. The summed E-state index contributed by atoms with van der Waals surface area (Å²) >= 11 is 0. The molecule has 1 aromatic rings. The van der Waals surface area contributed by atoms with Gasteiger partial charge in [-0.1, -0.05) is 24.3 Å². The molecule has 0 radical (unpaired) electrons. The molecule has 0 aromatic heterocycles. The molecule has 1 heterocycles. The van der Waals surface area contributed by atoms with Crippen molar-refractivity contribution in [3.8, 4) is 0 Å². The number of amides is 1. The number of benzene rings is 1. The van der Waals surface area contributed by atoms with Crippen LogP contribution in [0.2, 0.25) is 0 Å². The van der Waals surface area contributed by atoms with Crippen LogP contribution in [0.15, 0.2) is 42.9 Å². The standard InChI is InChI=1S/C12H12N2O2/c1-9-4-2-3-5-10(9)11-8-13-6-7-14(11)12(15)16/h2-8,13H,1H3,(H,15,16). The second kappa shape index (κ2) is 4.10. The minimum absolute atomic E-state index is 0.633. The van der Waals surface area contributed by atoms with Gasteiger partial charge in [-0.3, -0.25) is 0 Å². The normalized spacial score (nSPS) is 14.3. The number of carboxylic acid groups (broad SMARTS) is 1. The third-order valence-corrected chi connectivity index (χ3v) is 2.43. The van der Waals surface area contributed by atoms with Crippen LogP contribution in [-0.4, -0.2) is 16.1 Å². The summed E-state index contributed by atoms with van der Waals surface area (Å²) in [5.74, 6) is 0. The summed E-state index contributed by atoms with van der Waals surface area (Å²) in [5.41, 5.74) is 2.58. The van der Waals surface area contributed by atoms with Gasteiger partial charge < -0.3 is 10.4 Å². The van der Waals surface area contributed by atoms with E-state index in [0.717, 1.165) is 11.1 Å². The fraction of sp³-hybridized carbons (Fsp3) is 0.0833. The number of nitrogens with one attached hydrogen (secondary N) is 1. The number of nitrogens with zero attached hydrogens (tertiary/aromatic N) is 1. The Hall–Kier alpha value is -2.23. The molecule has 4 nitrogen and oxygen atoms in total. The van der Waals surface area contributed by atoms with Crippen LogP contribution in [0.3, 0.4) is 0 Å². The second-order valence-corrected chi connectivity index (χ2v) is 3.48. The Morgan fingerprint density at radius 3 is 2.81 bits per heavy atom. The molecule has 0 aliphatic carbocycles. The van der Waals surface area contributed by atoms with Crippen LogP contribution in [-0.2, 0) is 0 Å². The summed E-state index contributed by atoms with van der Waals surface area (Å²) in [6.07, 6.45) is 3.75. The van der Waals surface area contributed by atoms with Crippen LogP contribution < -0.4 is 5.32 Å². The second-order valence-electron chi connectivity index (χ2n) is 3.48. The van der Waals surface area contributed by atoms with Gasteiger partial charge in [0, 0.05) is 24.2 Å². The number of hydrogen-bond donors (Lipinski definition) is 2. The quantitative estimate of drug-likeness (QED) is 0.757. The van der Waals surface area contributed by atoms with Crippen LogP contribution >= 0.6 is 0 Å². The summed E-state index contributed by atoms with van der Waals surface area (Å²) < 4.78 is 0. The van der Waals surface area contributed by atoms with Gasteiger partial charge >= 0.3 is 6.09 Å². The van der Waals surface area contributed by atoms with Gasteiger partial charge in [0.1, 0.15) is 0 Å². The van der Waals surface area contributed by atoms with Gasteiger partial charge in [0.25, 0.3) is 0 Å². The highest BCUT2D eigenvalue weighted by Crippen LogP contribution is 2.23. The molecule has 0 spiro atoms. The molecule has 1 aliphatic rings. The number of hydrogen-bond acceptors (Lipinski definition) is 2. The number of aryl methyl sites for hydroxylation is 1. The van der Waals surface area contributed by atoms with Crippen molar-refractivity contribution in [1.29, 1.82) is 0 Å². The summed E-state index contributed by atoms with van der Waals surface area (Å²) in [4.78, 5) is 12.2. The zero-order chi connectivity index (χ0) is 11.5. The minimum Gasteiger partial charge on any atom is -0.464 e. The van der Waals surface area contributed by atoms with E-state index in [0.29, 0.717) is 5.70 Å². The lowest BCUT2D eigenvalue weighted by atomic mass is 10.1. The fourth-order valence-corrected chi connectivity index (χ4v) is 1.63. The van der Waals surface area contributed by atoms with Gasteiger partial charge in [-0.2, -0.15) is 0 Å². The van der Waals surface area contributed by atoms with E-state index < -0.39 is 6.09 Å². The lowest BCUT2D eigenvalue weighted by molar-refractivity contribution is 0.177. The zero-order valence-corrected chi connectivity index (χ0v) is 8.84. The third kappa shape index (κ3) is 1.77. The maximum absolute atomic E-state index is 11.1. The first-order chi connectivity index (χ1) is 7.70. The Bertz CT molecular complexity index is 478. The van der Waals surface area contributed by atoms with Crippen LogP contribution in [0.4, 0.5) is 4.79 Å². The van der Waals surface area contributed by atoms with Crippen LogP contribution in [0.25, 0.3) is 5.70 Å². The van der Waals surface area contributed by atoms with Crippen molar-refractivity contribution < 1.29 is 9.90 Å². The summed E-state index contributed by atoms with van der Waals surface area (Å²) in [6.45, 7) is 1.95. The molecule has 0 unspecified atom stereocenters. The Labute approximate surface area is 93.5 Å². The predicted octanol–water partition coefficient (Wildman–Crippen LogP) is 2.35. The molecule has 0 atom stereocenters. The van der Waals surface area contributed by atoms with Crippen molar-refractivity contribution in [3.05, 3.63) is 54.0 Å². The fourth-order valence-electron chi connectivity index (χ4n) is 1.63. The summed E-state index contributed by atoms with van der Waals surface area (Å²) in [6, 6.07) is 7.67. The number of rotatable bonds is 1. The van der Waals surface area contributed by atoms with Gasteiger partial charge in [0.05, 0.1) is 5.70 Å². The molecule has 0 fully saturated rings. The van der Waals surface area contributed by atoms with E-state index in [1.807, 2.05) is 31.2 Å². The first-order valence-electron chi connectivity index (χ1n) is 4.91. The smallest absolute Gasteiger partial charge is 0.416 e. The van der Waals surface area contributed by atoms with Crippen LogP contribution in [0.5, 0.6) is 0 Å². The molecular formula is C12H12N2O2. The van der Waals surface area contributed by atoms with Gasteiger partial charge in [-0.15, -0.1) is 0 Å². The molecule has 82 valence electrons. The highest BCUT2D eigenvalue weighted by atomic mass is 16.4. The first-order valence-corrected chi connectivity index (χ1v) is 4.91. The Morgan fingerprint density at radius 2 is 2.12 bits per heavy atom. The summed E-state index contributed by atoms with van der Waals surface area (Å²) in [5, 5.41) is 12.0. The van der Waals surface area contributed by atoms with Crippen molar-refractivity contribution in [3.63, 3.8) is 0 Å². The SMILES string of the molecule is Cc1ccccc1C1=CNC=CN1C(=O)O. The van der Waals surface area contributed by atoms with E-state index >= 15 is 0 Å². The molecule has 0 bridgehead atoms. The molecule has 0 saturated carbocycles. The molecule has 2 N–H and O–H groups in total. The molecular weight excluding hydrogens is 204 g/mol. The topological polar surface area (TPSA) is 52.6 Å². The maximum Gasteiger partial charge on any atom is 0.416 e. The predicted molar refractivity (Wildman–Crippen MR) is 61.3 cm³/mol. The Balaban J connectivity index is 2.43. The maximum atomic E-state index is 11.1. The lowest BCUT2D eigenvalue weighted by Gasteiger charge is -2.22. The largest absolute Gasteiger partial charge is 0.464 e. The van der Waals surface area contributed by atoms with E-state index in [-0.39, 0.29) is 0 Å². The molecule has 16 heavy (non-hydrogen) atoms. The van der Waals surface area contributed by atoms with Crippen molar-refractivity contribution in [2.45, 2.75) is 6.92 Å². The van der Waals surface area contributed by atoms with E-state index in [9.17, 15) is 4.79 Å². The number of carbonyl (C=O) groups is 1. The average molecular weight is 216 g/mol. The molecule has 2 rings (SSSR count). The van der Waals surface area contributed by atoms with E-state index in [4.69, 9.17) is 5.11 Å². The van der Waals surface area contributed by atoms with Crippen molar-refractivity contribution >= 4 is 11.8 Å². The first kappa shape index (κ1) is 10.3. The third-order valence-electron chi connectivity index (χ3n) is 2.43. The van der Waals surface area contributed by atoms with E-state index in [1.54, 1.807) is 12.4 Å². The van der Waals surface area contributed by atoms with Crippen molar-refractivity contribution in [2.75, 3.05) is 0 Å². The van der Waals surface area contributed by atoms with Gasteiger partial charge in [-0.25, -0.2) is 9.69 Å². The minimum atomic E-state index is -0.993. The highest BCUT2D eigenvalue weighted by Gasteiger charge is 2.18. The van der Waals surface area contributed by atoms with Crippen LogP contribution in [0, 0.1) is 6.92 Å². The molecule has 4 heteroatoms. The lowest BCUT2D eigenvalue weighted by Crippen LogP contribution is -2.26. The van der Waals surface area contributed by atoms with Gasteiger partial charge in [0.15, 0.2) is 0 Å². The summed E-state index contributed by atoms with van der Waals surface area (Å²) in [7, 11) is 0. The monoisotopic (exact) mass is 216 g/mol. The van der Waals surface area contributed by atoms with Crippen molar-refractivity contribution in [1.82, 2.24) is 10.2 Å². The molecule has 1 aromatic carbocycles. The Kier molecular flexibility index (Phi) is 2.64. The van der Waals surface area contributed by atoms with E-state index in [1.165, 1.54) is 11.1 Å². The molecule has 0 saturated heterocycles.